The summed E-state index contributed by atoms with van der Waals surface area (Å²) in [5.74, 6) is -2.43. The minimum Gasteiger partial charge on any atom is -0.466 e. The molecule has 0 saturated heterocycles. The van der Waals surface area contributed by atoms with Crippen molar-refractivity contribution in [3.63, 3.8) is 0 Å². The maximum atomic E-state index is 12.9. The summed E-state index contributed by atoms with van der Waals surface area (Å²) >= 11 is 0. The summed E-state index contributed by atoms with van der Waals surface area (Å²) in [7, 11) is 1.79. The highest BCUT2D eigenvalue weighted by Gasteiger charge is 2.38. The number of esters is 2. The number of hydrogen-bond acceptors (Lipinski definition) is 9. The molecule has 0 unspecified atom stereocenters. The number of anilines is 1. The SMILES string of the molecule is COC(=O)/C=C(/Nc1c([N+](=O)[O-])cc(C(F)(F)F)cc1[N+](=O)[O-])C(=O)OC. The van der Waals surface area contributed by atoms with Crippen LogP contribution in [0.15, 0.2) is 23.9 Å². The van der Waals surface area contributed by atoms with E-state index < -0.39 is 56.3 Å². The van der Waals surface area contributed by atoms with Crippen molar-refractivity contribution in [3.05, 3.63) is 49.7 Å². The van der Waals surface area contributed by atoms with E-state index in [0.717, 1.165) is 14.2 Å². The van der Waals surface area contributed by atoms with Gasteiger partial charge in [-0.3, -0.25) is 20.2 Å². The molecule has 0 saturated carbocycles. The highest BCUT2D eigenvalue weighted by molar-refractivity contribution is 6.00. The van der Waals surface area contributed by atoms with Gasteiger partial charge in [-0.2, -0.15) is 13.2 Å². The Morgan fingerprint density at radius 3 is 1.89 bits per heavy atom. The molecule has 1 N–H and O–H groups in total. The van der Waals surface area contributed by atoms with Crippen molar-refractivity contribution >= 4 is 29.0 Å². The number of nitrogens with one attached hydrogen (secondary N) is 1. The smallest absolute Gasteiger partial charge is 0.416 e. The standard InChI is InChI=1S/C13H10F3N3O8/c1-26-10(20)5-7(12(21)27-2)17-11-8(18(22)23)3-6(13(14,15)16)4-9(11)19(24)25/h3-5,17H,1-2H3/b7-5+. The number of hydrogen-bond donors (Lipinski definition) is 1. The number of carbonyl (C=O) groups is 2. The van der Waals surface area contributed by atoms with Crippen LogP contribution in [0.25, 0.3) is 0 Å². The molecule has 1 rings (SSSR count). The summed E-state index contributed by atoms with van der Waals surface area (Å²) in [6, 6.07) is 0.0880. The molecule has 0 spiro atoms. The van der Waals surface area contributed by atoms with Gasteiger partial charge in [-0.1, -0.05) is 0 Å². The molecule has 14 heteroatoms. The van der Waals surface area contributed by atoms with E-state index in [0.29, 0.717) is 6.08 Å². The van der Waals surface area contributed by atoms with Crippen LogP contribution in [-0.2, 0) is 25.2 Å². The molecule has 0 bridgehead atoms. The second-order valence-electron chi connectivity index (χ2n) is 4.60. The lowest BCUT2D eigenvalue weighted by molar-refractivity contribution is -0.392. The number of nitro groups is 2. The zero-order valence-electron chi connectivity index (χ0n) is 13.5. The second kappa shape index (κ2) is 8.11. The predicted octanol–water partition coefficient (Wildman–Crippen LogP) is 2.16. The van der Waals surface area contributed by atoms with Gasteiger partial charge in [-0.25, -0.2) is 9.59 Å². The van der Waals surface area contributed by atoms with Crippen molar-refractivity contribution in [1.82, 2.24) is 0 Å². The number of rotatable bonds is 6. The molecule has 0 fully saturated rings. The monoisotopic (exact) mass is 393 g/mol. The maximum Gasteiger partial charge on any atom is 0.416 e. The van der Waals surface area contributed by atoms with Crippen LogP contribution in [-0.4, -0.2) is 36.0 Å². The largest absolute Gasteiger partial charge is 0.466 e. The number of nitrogens with zero attached hydrogens (tertiary/aromatic N) is 2. The Morgan fingerprint density at radius 2 is 1.56 bits per heavy atom. The number of ether oxygens (including phenoxy) is 2. The first-order valence-electron chi connectivity index (χ1n) is 6.61. The Labute approximate surface area is 147 Å². The van der Waals surface area contributed by atoms with Crippen LogP contribution in [0.3, 0.4) is 0 Å². The quantitative estimate of drug-likeness (QED) is 0.332. The summed E-state index contributed by atoms with van der Waals surface area (Å²) in [6.45, 7) is 0. The van der Waals surface area contributed by atoms with E-state index in [-0.39, 0.29) is 12.1 Å². The molecule has 0 aliphatic rings. The molecular formula is C13H10F3N3O8. The highest BCUT2D eigenvalue weighted by Crippen LogP contribution is 2.41. The normalized spacial score (nSPS) is 11.5. The van der Waals surface area contributed by atoms with E-state index in [9.17, 15) is 43.0 Å². The van der Waals surface area contributed by atoms with Crippen LogP contribution >= 0.6 is 0 Å². The molecular weight excluding hydrogens is 383 g/mol. The zero-order chi connectivity index (χ0) is 20.9. The molecule has 1 aromatic carbocycles. The van der Waals surface area contributed by atoms with Gasteiger partial charge in [0.2, 0.25) is 0 Å². The molecule has 0 atom stereocenters. The van der Waals surface area contributed by atoms with E-state index >= 15 is 0 Å². The first-order chi connectivity index (χ1) is 12.4. The van der Waals surface area contributed by atoms with Crippen LogP contribution in [0.2, 0.25) is 0 Å². The molecule has 11 nitrogen and oxygen atoms in total. The molecule has 27 heavy (non-hydrogen) atoms. The molecule has 0 aromatic heterocycles. The number of halogens is 3. The fourth-order valence-electron chi connectivity index (χ4n) is 1.76. The van der Waals surface area contributed by atoms with Gasteiger partial charge in [0, 0.05) is 12.1 Å². The van der Waals surface area contributed by atoms with Crippen LogP contribution < -0.4 is 5.32 Å². The molecule has 0 radical (unpaired) electrons. The van der Waals surface area contributed by atoms with Crippen LogP contribution in [0.5, 0.6) is 0 Å². The average molecular weight is 393 g/mol. The summed E-state index contributed by atoms with van der Waals surface area (Å²) in [6.07, 6.45) is -4.65. The lowest BCUT2D eigenvalue weighted by Gasteiger charge is -2.12. The first kappa shape index (κ1) is 21.3. The van der Waals surface area contributed by atoms with Crippen molar-refractivity contribution in [2.24, 2.45) is 0 Å². The third-order valence-electron chi connectivity index (χ3n) is 2.95. The molecule has 1 aromatic rings. The number of carbonyl (C=O) groups excluding carboxylic acids is 2. The van der Waals surface area contributed by atoms with Crippen LogP contribution in [0, 0.1) is 20.2 Å². The van der Waals surface area contributed by atoms with Gasteiger partial charge in [0.1, 0.15) is 5.70 Å². The molecule has 0 aliphatic heterocycles. The van der Waals surface area contributed by atoms with Crippen molar-refractivity contribution in [2.75, 3.05) is 19.5 Å². The van der Waals surface area contributed by atoms with Gasteiger partial charge in [0.05, 0.1) is 35.7 Å². The number of methoxy groups -OCH3 is 2. The predicted molar refractivity (Wildman–Crippen MR) is 80.5 cm³/mol. The van der Waals surface area contributed by atoms with E-state index in [1.807, 2.05) is 5.32 Å². The molecule has 0 amide bonds. The molecule has 0 heterocycles. The highest BCUT2D eigenvalue weighted by atomic mass is 19.4. The second-order valence-corrected chi connectivity index (χ2v) is 4.60. The summed E-state index contributed by atoms with van der Waals surface area (Å²) in [4.78, 5) is 42.6. The minimum atomic E-state index is -5.11. The maximum absolute atomic E-state index is 12.9. The Morgan fingerprint density at radius 1 is 1.07 bits per heavy atom. The zero-order valence-corrected chi connectivity index (χ0v) is 13.5. The fourth-order valence-corrected chi connectivity index (χ4v) is 1.76. The summed E-state index contributed by atoms with van der Waals surface area (Å²) in [5.41, 5.74) is -6.25. The fraction of sp³-hybridized carbons (Fsp3) is 0.231. The first-order valence-corrected chi connectivity index (χ1v) is 6.61. The van der Waals surface area contributed by atoms with Gasteiger partial charge >= 0.3 is 18.1 Å². The van der Waals surface area contributed by atoms with E-state index in [2.05, 4.69) is 9.47 Å². The van der Waals surface area contributed by atoms with E-state index in [1.54, 1.807) is 0 Å². The van der Waals surface area contributed by atoms with Crippen molar-refractivity contribution < 1.29 is 42.1 Å². The lowest BCUT2D eigenvalue weighted by atomic mass is 10.1. The molecule has 0 aliphatic carbocycles. The van der Waals surface area contributed by atoms with Gasteiger partial charge in [-0.05, 0) is 0 Å². The van der Waals surface area contributed by atoms with E-state index in [1.165, 1.54) is 0 Å². The van der Waals surface area contributed by atoms with Crippen molar-refractivity contribution in [3.8, 4) is 0 Å². The lowest BCUT2D eigenvalue weighted by Crippen LogP contribution is -2.17. The third kappa shape index (κ3) is 5.13. The van der Waals surface area contributed by atoms with Crippen LogP contribution in [0.1, 0.15) is 5.56 Å². The third-order valence-corrected chi connectivity index (χ3v) is 2.95. The molecule has 146 valence electrons. The van der Waals surface area contributed by atoms with Gasteiger partial charge in [0.15, 0.2) is 5.69 Å². The Bertz CT molecular complexity index is 800. The van der Waals surface area contributed by atoms with Crippen LogP contribution in [0.4, 0.5) is 30.2 Å². The van der Waals surface area contributed by atoms with E-state index in [4.69, 9.17) is 0 Å². The summed E-state index contributed by atoms with van der Waals surface area (Å²) in [5, 5.41) is 24.2. The van der Waals surface area contributed by atoms with Crippen molar-refractivity contribution in [2.45, 2.75) is 6.18 Å². The Balaban J connectivity index is 3.71. The van der Waals surface area contributed by atoms with Gasteiger partial charge in [0.25, 0.3) is 11.4 Å². The number of benzene rings is 1. The topological polar surface area (TPSA) is 151 Å². The number of nitro benzene ring substituents is 2. The number of alkyl halides is 3. The average Bonchev–Trinajstić information content (AvgIpc) is 2.58. The van der Waals surface area contributed by atoms with Crippen molar-refractivity contribution in [1.29, 1.82) is 0 Å². The Hall–Kier alpha value is -3.71. The summed E-state index contributed by atoms with van der Waals surface area (Å²) < 4.78 is 47.1. The Kier molecular flexibility index (Phi) is 6.41. The minimum absolute atomic E-state index is 0.0440. The van der Waals surface area contributed by atoms with Gasteiger partial charge < -0.3 is 14.8 Å². The van der Waals surface area contributed by atoms with Gasteiger partial charge in [-0.15, -0.1) is 0 Å².